The van der Waals surface area contributed by atoms with Gasteiger partial charge in [0.1, 0.15) is 0 Å². The Morgan fingerprint density at radius 1 is 1.00 bits per heavy atom. The molecular formula is C12H26N2. The average Bonchev–Trinajstić information content (AvgIpc) is 2.15. The van der Waals surface area contributed by atoms with Gasteiger partial charge < -0.3 is 10.7 Å². The fourth-order valence-corrected chi connectivity index (χ4v) is 1.44. The van der Waals surface area contributed by atoms with E-state index in [0.29, 0.717) is 0 Å². The highest BCUT2D eigenvalue weighted by molar-refractivity contribution is 5.78. The van der Waals surface area contributed by atoms with Crippen molar-refractivity contribution in [2.45, 2.75) is 58.8 Å². The summed E-state index contributed by atoms with van der Waals surface area (Å²) >= 11 is 0. The Bertz CT molecular complexity index is 132. The third-order valence-corrected chi connectivity index (χ3v) is 2.36. The highest BCUT2D eigenvalue weighted by Gasteiger charge is 1.91. The molecule has 0 unspecified atom stereocenters. The quantitative estimate of drug-likeness (QED) is 0.410. The Labute approximate surface area is 89.0 Å². The molecule has 2 nitrogen and oxygen atoms in total. The number of unbranched alkanes of at least 4 members (excludes halogenated alkanes) is 4. The van der Waals surface area contributed by atoms with Gasteiger partial charge in [-0.15, -0.1) is 0 Å². The first-order valence-electron chi connectivity index (χ1n) is 6.02. The first-order chi connectivity index (χ1) is 6.77. The minimum Gasteiger partial charge on any atom is -0.317 e. The Morgan fingerprint density at radius 2 is 1.64 bits per heavy atom. The van der Waals surface area contributed by atoms with Crippen molar-refractivity contribution in [2.24, 2.45) is 0 Å². The molecule has 2 N–H and O–H groups in total. The van der Waals surface area contributed by atoms with Gasteiger partial charge in [0.15, 0.2) is 0 Å². The van der Waals surface area contributed by atoms with Crippen molar-refractivity contribution in [3.8, 4) is 0 Å². The van der Waals surface area contributed by atoms with Gasteiger partial charge in [-0.2, -0.15) is 0 Å². The molecule has 0 atom stereocenters. The molecule has 0 amide bonds. The van der Waals surface area contributed by atoms with Crippen LogP contribution in [-0.2, 0) is 0 Å². The van der Waals surface area contributed by atoms with E-state index in [9.17, 15) is 0 Å². The first-order valence-corrected chi connectivity index (χ1v) is 6.02. The maximum Gasteiger partial charge on any atom is 0.00582 e. The lowest BCUT2D eigenvalue weighted by Crippen LogP contribution is -2.16. The van der Waals surface area contributed by atoms with Crippen LogP contribution >= 0.6 is 0 Å². The van der Waals surface area contributed by atoms with E-state index in [1.165, 1.54) is 38.6 Å². The van der Waals surface area contributed by atoms with Crippen molar-refractivity contribution < 1.29 is 0 Å². The number of hydrogen-bond acceptors (Lipinski definition) is 2. The van der Waals surface area contributed by atoms with Crippen LogP contribution in [0.2, 0.25) is 0 Å². The molecule has 0 heterocycles. The molecule has 0 bridgehead atoms. The Balaban J connectivity index is 2.88. The molecule has 0 rings (SSSR count). The van der Waals surface area contributed by atoms with E-state index in [1.807, 2.05) is 6.92 Å². The molecule has 0 aromatic rings. The SMILES string of the molecule is CCCCCCNCCCCC(C)=N. The Morgan fingerprint density at radius 3 is 2.21 bits per heavy atom. The summed E-state index contributed by atoms with van der Waals surface area (Å²) in [6.45, 7) is 6.42. The van der Waals surface area contributed by atoms with Crippen LogP contribution in [0.25, 0.3) is 0 Å². The van der Waals surface area contributed by atoms with E-state index in [4.69, 9.17) is 5.41 Å². The molecule has 0 aromatic carbocycles. The summed E-state index contributed by atoms with van der Waals surface area (Å²) in [5.74, 6) is 0. The van der Waals surface area contributed by atoms with Gasteiger partial charge in [0.2, 0.25) is 0 Å². The maximum atomic E-state index is 7.27. The predicted molar refractivity (Wildman–Crippen MR) is 64.3 cm³/mol. The lowest BCUT2D eigenvalue weighted by Gasteiger charge is -2.03. The standard InChI is InChI=1S/C12H26N2/c1-3-4-5-7-10-14-11-8-6-9-12(2)13/h13-14H,3-11H2,1-2H3. The number of nitrogens with one attached hydrogen (secondary N) is 2. The summed E-state index contributed by atoms with van der Waals surface area (Å²) in [5.41, 5.74) is 0.813. The predicted octanol–water partition coefficient (Wildman–Crippen LogP) is 3.37. The smallest absolute Gasteiger partial charge is 0.00582 e. The zero-order valence-corrected chi connectivity index (χ0v) is 9.86. The number of rotatable bonds is 10. The molecule has 0 aliphatic heterocycles. The summed E-state index contributed by atoms with van der Waals surface area (Å²) in [6.07, 6.45) is 8.71. The maximum absolute atomic E-state index is 7.27. The van der Waals surface area contributed by atoms with Crippen molar-refractivity contribution in [1.82, 2.24) is 5.32 Å². The van der Waals surface area contributed by atoms with Crippen molar-refractivity contribution in [3.63, 3.8) is 0 Å². The second kappa shape index (κ2) is 10.7. The summed E-state index contributed by atoms with van der Waals surface area (Å²) in [6, 6.07) is 0. The van der Waals surface area contributed by atoms with E-state index in [2.05, 4.69) is 12.2 Å². The van der Waals surface area contributed by atoms with E-state index >= 15 is 0 Å². The van der Waals surface area contributed by atoms with Crippen LogP contribution < -0.4 is 5.32 Å². The molecule has 0 aliphatic carbocycles. The second-order valence-electron chi connectivity index (χ2n) is 4.05. The first kappa shape index (κ1) is 13.6. The van der Waals surface area contributed by atoms with Gasteiger partial charge in [0, 0.05) is 5.71 Å². The second-order valence-corrected chi connectivity index (χ2v) is 4.05. The summed E-state index contributed by atoms with van der Waals surface area (Å²) in [7, 11) is 0. The monoisotopic (exact) mass is 198 g/mol. The van der Waals surface area contributed by atoms with Gasteiger partial charge in [-0.25, -0.2) is 0 Å². The summed E-state index contributed by atoms with van der Waals surface area (Å²) < 4.78 is 0. The van der Waals surface area contributed by atoms with E-state index in [0.717, 1.165) is 25.1 Å². The Kier molecular flexibility index (Phi) is 10.4. The molecule has 0 aliphatic rings. The van der Waals surface area contributed by atoms with Crippen LogP contribution in [0, 0.1) is 5.41 Å². The largest absolute Gasteiger partial charge is 0.317 e. The molecule has 0 radical (unpaired) electrons. The van der Waals surface area contributed by atoms with Gasteiger partial charge in [-0.3, -0.25) is 0 Å². The van der Waals surface area contributed by atoms with Crippen LogP contribution in [-0.4, -0.2) is 18.8 Å². The zero-order valence-electron chi connectivity index (χ0n) is 9.86. The van der Waals surface area contributed by atoms with Crippen molar-refractivity contribution in [3.05, 3.63) is 0 Å². The van der Waals surface area contributed by atoms with E-state index in [1.54, 1.807) is 0 Å². The minimum absolute atomic E-state index is 0.813. The van der Waals surface area contributed by atoms with Crippen LogP contribution in [0.4, 0.5) is 0 Å². The van der Waals surface area contributed by atoms with Crippen molar-refractivity contribution >= 4 is 5.71 Å². The van der Waals surface area contributed by atoms with Crippen LogP contribution in [0.5, 0.6) is 0 Å². The average molecular weight is 198 g/mol. The molecular weight excluding hydrogens is 172 g/mol. The minimum atomic E-state index is 0.813. The Hall–Kier alpha value is -0.370. The number of hydrogen-bond donors (Lipinski definition) is 2. The highest BCUT2D eigenvalue weighted by Crippen LogP contribution is 1.98. The van der Waals surface area contributed by atoms with Crippen molar-refractivity contribution in [1.29, 1.82) is 5.41 Å². The topological polar surface area (TPSA) is 35.9 Å². The molecule has 0 aromatic heterocycles. The molecule has 0 saturated carbocycles. The van der Waals surface area contributed by atoms with Crippen LogP contribution in [0.3, 0.4) is 0 Å². The third kappa shape index (κ3) is 11.6. The van der Waals surface area contributed by atoms with E-state index in [-0.39, 0.29) is 0 Å². The molecule has 0 saturated heterocycles. The summed E-state index contributed by atoms with van der Waals surface area (Å²) in [4.78, 5) is 0. The third-order valence-electron chi connectivity index (χ3n) is 2.36. The summed E-state index contributed by atoms with van der Waals surface area (Å²) in [5, 5.41) is 10.7. The highest BCUT2D eigenvalue weighted by atomic mass is 14.8. The van der Waals surface area contributed by atoms with Gasteiger partial charge in [-0.05, 0) is 45.7 Å². The lowest BCUT2D eigenvalue weighted by molar-refractivity contribution is 0.578. The van der Waals surface area contributed by atoms with Gasteiger partial charge >= 0.3 is 0 Å². The molecule has 84 valence electrons. The molecule has 2 heteroatoms. The molecule has 14 heavy (non-hydrogen) atoms. The fraction of sp³-hybridized carbons (Fsp3) is 0.917. The molecule has 0 spiro atoms. The van der Waals surface area contributed by atoms with Gasteiger partial charge in [-0.1, -0.05) is 26.2 Å². The van der Waals surface area contributed by atoms with Gasteiger partial charge in [0.05, 0.1) is 0 Å². The van der Waals surface area contributed by atoms with Gasteiger partial charge in [0.25, 0.3) is 0 Å². The fourth-order valence-electron chi connectivity index (χ4n) is 1.44. The normalized spacial score (nSPS) is 10.4. The lowest BCUT2D eigenvalue weighted by atomic mass is 10.2. The van der Waals surface area contributed by atoms with Crippen LogP contribution in [0.15, 0.2) is 0 Å². The van der Waals surface area contributed by atoms with E-state index < -0.39 is 0 Å². The zero-order chi connectivity index (χ0) is 10.6. The van der Waals surface area contributed by atoms with Crippen LogP contribution in [0.1, 0.15) is 58.8 Å². The molecule has 0 fully saturated rings. The van der Waals surface area contributed by atoms with Crippen molar-refractivity contribution in [2.75, 3.05) is 13.1 Å².